The van der Waals surface area contributed by atoms with Gasteiger partial charge in [0.05, 0.1) is 6.20 Å². The summed E-state index contributed by atoms with van der Waals surface area (Å²) in [5.41, 5.74) is 0.443. The first-order valence-corrected chi connectivity index (χ1v) is 6.67. The third-order valence-corrected chi connectivity index (χ3v) is 4.10. The lowest BCUT2D eigenvalue weighted by molar-refractivity contribution is 0.0429. The third kappa shape index (κ3) is 1.95. The number of anilines is 1. The van der Waals surface area contributed by atoms with Crippen LogP contribution in [0.25, 0.3) is 0 Å². The molecule has 2 fully saturated rings. The molecule has 2 aliphatic rings. The van der Waals surface area contributed by atoms with Gasteiger partial charge in [-0.2, -0.15) is 0 Å². The summed E-state index contributed by atoms with van der Waals surface area (Å²) in [6.07, 6.45) is 6.95. The normalized spacial score (nSPS) is 21.1. The van der Waals surface area contributed by atoms with Crippen LogP contribution in [0.15, 0.2) is 6.20 Å². The summed E-state index contributed by atoms with van der Waals surface area (Å²) in [6, 6.07) is -0.0457. The van der Waals surface area contributed by atoms with E-state index in [1.165, 1.54) is 25.7 Å². The molecule has 1 aromatic rings. The fourth-order valence-electron chi connectivity index (χ4n) is 3.05. The van der Waals surface area contributed by atoms with E-state index in [0.717, 1.165) is 19.6 Å². The molecule has 1 N–H and O–H groups in total. The van der Waals surface area contributed by atoms with Crippen LogP contribution in [0.4, 0.5) is 10.6 Å². The summed E-state index contributed by atoms with van der Waals surface area (Å²) in [6.45, 7) is 4.55. The zero-order chi connectivity index (χ0) is 12.6. The maximum absolute atomic E-state index is 12.0. The summed E-state index contributed by atoms with van der Waals surface area (Å²) >= 11 is 0. The Balaban J connectivity index is 1.53. The Morgan fingerprint density at radius 3 is 2.78 bits per heavy atom. The first-order valence-electron chi connectivity index (χ1n) is 6.67. The lowest BCUT2D eigenvalue weighted by Crippen LogP contribution is -2.58. The number of nitrogens with one attached hydrogen (secondary N) is 1. The van der Waals surface area contributed by atoms with E-state index < -0.39 is 0 Å². The van der Waals surface area contributed by atoms with Crippen LogP contribution >= 0.6 is 0 Å². The standard InChI is InChI=1S/C12H19N5O/c1-2-17-7-10(14-15-17)13-11(18)16-8-12(9-16)5-3-4-6-12/h7H,2-6,8-9H2,1H3,(H,13,18). The van der Waals surface area contributed by atoms with Crippen LogP contribution < -0.4 is 5.32 Å². The Hall–Kier alpha value is -1.59. The molecule has 6 nitrogen and oxygen atoms in total. The van der Waals surface area contributed by atoms with Crippen LogP contribution in [0, 0.1) is 5.41 Å². The van der Waals surface area contributed by atoms with Crippen LogP contribution in [0.5, 0.6) is 0 Å². The van der Waals surface area contributed by atoms with Crippen LogP contribution in [-0.2, 0) is 6.54 Å². The van der Waals surface area contributed by atoms with E-state index in [9.17, 15) is 4.79 Å². The second-order valence-corrected chi connectivity index (χ2v) is 5.45. The minimum absolute atomic E-state index is 0.0457. The van der Waals surface area contributed by atoms with Crippen molar-refractivity contribution in [1.29, 1.82) is 0 Å². The average Bonchev–Trinajstić information content (AvgIpc) is 2.94. The van der Waals surface area contributed by atoms with E-state index in [-0.39, 0.29) is 6.03 Å². The molecule has 0 unspecified atom stereocenters. The highest BCUT2D eigenvalue weighted by molar-refractivity contribution is 5.88. The molecule has 6 heteroatoms. The van der Waals surface area contributed by atoms with Crippen molar-refractivity contribution in [3.63, 3.8) is 0 Å². The number of aryl methyl sites for hydroxylation is 1. The number of hydrogen-bond donors (Lipinski definition) is 1. The van der Waals surface area contributed by atoms with E-state index in [2.05, 4.69) is 15.6 Å². The fourth-order valence-corrected chi connectivity index (χ4v) is 3.05. The molecule has 0 bridgehead atoms. The van der Waals surface area contributed by atoms with Crippen molar-refractivity contribution in [2.75, 3.05) is 18.4 Å². The van der Waals surface area contributed by atoms with Crippen LogP contribution in [0.1, 0.15) is 32.6 Å². The molecule has 98 valence electrons. The first-order chi connectivity index (χ1) is 8.71. The summed E-state index contributed by atoms with van der Waals surface area (Å²) in [7, 11) is 0. The van der Waals surface area contributed by atoms with Crippen molar-refractivity contribution < 1.29 is 4.79 Å². The predicted molar refractivity (Wildman–Crippen MR) is 67.2 cm³/mol. The van der Waals surface area contributed by atoms with Gasteiger partial charge in [-0.15, -0.1) is 5.10 Å². The molecule has 18 heavy (non-hydrogen) atoms. The van der Waals surface area contributed by atoms with Gasteiger partial charge < -0.3 is 4.90 Å². The Morgan fingerprint density at radius 2 is 2.17 bits per heavy atom. The van der Waals surface area contributed by atoms with Crippen LogP contribution in [0.3, 0.4) is 0 Å². The summed E-state index contributed by atoms with van der Waals surface area (Å²) < 4.78 is 1.70. The van der Waals surface area contributed by atoms with Crippen molar-refractivity contribution in [1.82, 2.24) is 19.9 Å². The highest BCUT2D eigenvalue weighted by Gasteiger charge is 2.46. The minimum atomic E-state index is -0.0457. The molecule has 1 aliphatic carbocycles. The van der Waals surface area contributed by atoms with Crippen LogP contribution in [-0.4, -0.2) is 39.0 Å². The Labute approximate surface area is 106 Å². The average molecular weight is 249 g/mol. The fraction of sp³-hybridized carbons (Fsp3) is 0.750. The smallest absolute Gasteiger partial charge is 0.323 e. The minimum Gasteiger partial charge on any atom is -0.323 e. The van der Waals surface area contributed by atoms with Crippen molar-refractivity contribution >= 4 is 11.8 Å². The Morgan fingerprint density at radius 1 is 1.44 bits per heavy atom. The largest absolute Gasteiger partial charge is 0.323 e. The van der Waals surface area contributed by atoms with Gasteiger partial charge in [0, 0.05) is 25.0 Å². The number of urea groups is 1. The Bertz CT molecular complexity index is 441. The zero-order valence-electron chi connectivity index (χ0n) is 10.7. The molecule has 2 heterocycles. The van der Waals surface area contributed by atoms with Gasteiger partial charge in [0.25, 0.3) is 0 Å². The highest BCUT2D eigenvalue weighted by atomic mass is 16.2. The van der Waals surface area contributed by atoms with E-state index in [0.29, 0.717) is 11.2 Å². The molecule has 1 aliphatic heterocycles. The molecular formula is C12H19N5O. The number of nitrogens with zero attached hydrogens (tertiary/aromatic N) is 4. The Kier molecular flexibility index (Phi) is 2.72. The number of likely N-dealkylation sites (tertiary alicyclic amines) is 1. The van der Waals surface area contributed by atoms with E-state index in [4.69, 9.17) is 0 Å². The maximum Gasteiger partial charge on any atom is 0.323 e. The molecule has 1 spiro atoms. The number of carbonyl (C=O) groups is 1. The van der Waals surface area contributed by atoms with E-state index in [1.807, 2.05) is 11.8 Å². The van der Waals surface area contributed by atoms with Crippen molar-refractivity contribution in [2.24, 2.45) is 5.41 Å². The predicted octanol–water partition coefficient (Wildman–Crippen LogP) is 1.71. The number of carbonyl (C=O) groups excluding carboxylic acids is 1. The van der Waals surface area contributed by atoms with Crippen molar-refractivity contribution in [2.45, 2.75) is 39.2 Å². The van der Waals surface area contributed by atoms with Gasteiger partial charge in [-0.05, 0) is 19.8 Å². The van der Waals surface area contributed by atoms with Gasteiger partial charge in [0.15, 0.2) is 5.82 Å². The van der Waals surface area contributed by atoms with Crippen molar-refractivity contribution in [3.05, 3.63) is 6.20 Å². The summed E-state index contributed by atoms with van der Waals surface area (Å²) in [5.74, 6) is 0.536. The molecule has 2 amide bonds. The monoisotopic (exact) mass is 249 g/mol. The molecule has 0 radical (unpaired) electrons. The topological polar surface area (TPSA) is 63.1 Å². The number of rotatable bonds is 2. The van der Waals surface area contributed by atoms with Gasteiger partial charge in [-0.1, -0.05) is 18.1 Å². The van der Waals surface area contributed by atoms with Gasteiger partial charge in [0.1, 0.15) is 0 Å². The summed E-state index contributed by atoms with van der Waals surface area (Å²) in [4.78, 5) is 13.8. The number of aromatic nitrogens is 3. The van der Waals surface area contributed by atoms with Gasteiger partial charge in [0.2, 0.25) is 0 Å². The maximum atomic E-state index is 12.0. The highest BCUT2D eigenvalue weighted by Crippen LogP contribution is 2.45. The van der Waals surface area contributed by atoms with Crippen molar-refractivity contribution in [3.8, 4) is 0 Å². The zero-order valence-corrected chi connectivity index (χ0v) is 10.7. The molecule has 1 saturated heterocycles. The van der Waals surface area contributed by atoms with Crippen LogP contribution in [0.2, 0.25) is 0 Å². The van der Waals surface area contributed by atoms with Gasteiger partial charge in [-0.25, -0.2) is 4.79 Å². The van der Waals surface area contributed by atoms with E-state index in [1.54, 1.807) is 10.9 Å². The lowest BCUT2D eigenvalue weighted by Gasteiger charge is -2.47. The first kappa shape index (κ1) is 11.5. The number of hydrogen-bond acceptors (Lipinski definition) is 3. The third-order valence-electron chi connectivity index (χ3n) is 4.10. The molecule has 0 aromatic carbocycles. The molecule has 0 atom stereocenters. The quantitative estimate of drug-likeness (QED) is 0.867. The second kappa shape index (κ2) is 4.26. The second-order valence-electron chi connectivity index (χ2n) is 5.45. The summed E-state index contributed by atoms with van der Waals surface area (Å²) in [5, 5.41) is 10.6. The molecule has 1 saturated carbocycles. The molecule has 1 aromatic heterocycles. The molecular weight excluding hydrogens is 230 g/mol. The SMILES string of the molecule is CCn1cc(NC(=O)N2CC3(CCCC3)C2)nn1. The number of amides is 2. The van der Waals surface area contributed by atoms with Gasteiger partial charge in [-0.3, -0.25) is 10.00 Å². The van der Waals surface area contributed by atoms with Gasteiger partial charge >= 0.3 is 6.03 Å². The van der Waals surface area contributed by atoms with E-state index >= 15 is 0 Å². The molecule has 3 rings (SSSR count). The lowest BCUT2D eigenvalue weighted by atomic mass is 9.78.